The molecule has 0 saturated carbocycles. The van der Waals surface area contributed by atoms with Crippen LogP contribution in [0.3, 0.4) is 0 Å². The monoisotopic (exact) mass is 292 g/mol. The van der Waals surface area contributed by atoms with Crippen LogP contribution in [0.15, 0.2) is 0 Å². The maximum absolute atomic E-state index is 12.0. The van der Waals surface area contributed by atoms with E-state index in [2.05, 4.69) is 12.2 Å². The molecule has 6 heteroatoms. The molecule has 1 fully saturated rings. The number of rotatable bonds is 6. The van der Waals surface area contributed by atoms with Crippen molar-refractivity contribution in [3.63, 3.8) is 0 Å². The van der Waals surface area contributed by atoms with E-state index in [0.717, 1.165) is 25.8 Å². The summed E-state index contributed by atoms with van der Waals surface area (Å²) in [6.07, 6.45) is 4.61. The maximum atomic E-state index is 12.0. The van der Waals surface area contributed by atoms with E-state index in [-0.39, 0.29) is 30.9 Å². The van der Waals surface area contributed by atoms with Gasteiger partial charge in [-0.1, -0.05) is 13.3 Å². The van der Waals surface area contributed by atoms with E-state index in [1.165, 1.54) is 6.42 Å². The van der Waals surface area contributed by atoms with Crippen LogP contribution in [0.25, 0.3) is 0 Å². The first-order valence-electron chi connectivity index (χ1n) is 6.82. The van der Waals surface area contributed by atoms with Crippen LogP contribution in [0, 0.1) is 0 Å². The first kappa shape index (κ1) is 18.2. The molecule has 1 aliphatic heterocycles. The highest BCUT2D eigenvalue weighted by Crippen LogP contribution is 2.16. The summed E-state index contributed by atoms with van der Waals surface area (Å²) in [5.41, 5.74) is 0. The summed E-state index contributed by atoms with van der Waals surface area (Å²) in [5, 5.41) is 11.8. The number of carbonyl (C=O) groups excluding carboxylic acids is 1. The molecule has 0 aliphatic carbocycles. The average molecular weight is 293 g/mol. The Labute approximate surface area is 121 Å². The van der Waals surface area contributed by atoms with Crippen molar-refractivity contribution in [1.82, 2.24) is 10.2 Å². The smallest absolute Gasteiger partial charge is 0.320 e. The quantitative estimate of drug-likeness (QED) is 0.781. The number of carbonyl (C=O) groups is 2. The second kappa shape index (κ2) is 9.15. The SMILES string of the molecule is CCCC(NCC(=O)N1CCCCC1C)C(=O)O.Cl. The Bertz CT molecular complexity index is 300. The molecule has 0 aromatic carbocycles. The highest BCUT2D eigenvalue weighted by molar-refractivity contribution is 5.85. The minimum atomic E-state index is -0.878. The van der Waals surface area contributed by atoms with Gasteiger partial charge in [0.25, 0.3) is 0 Å². The third kappa shape index (κ3) is 5.78. The molecule has 1 saturated heterocycles. The van der Waals surface area contributed by atoms with Crippen LogP contribution in [0.1, 0.15) is 46.0 Å². The van der Waals surface area contributed by atoms with Gasteiger partial charge in [-0.15, -0.1) is 12.4 Å². The van der Waals surface area contributed by atoms with E-state index in [9.17, 15) is 9.59 Å². The van der Waals surface area contributed by atoms with Crippen LogP contribution >= 0.6 is 12.4 Å². The molecule has 1 heterocycles. The van der Waals surface area contributed by atoms with Gasteiger partial charge in [0.05, 0.1) is 6.54 Å². The zero-order chi connectivity index (χ0) is 13.5. The summed E-state index contributed by atoms with van der Waals surface area (Å²) in [4.78, 5) is 24.8. The van der Waals surface area contributed by atoms with Crippen molar-refractivity contribution in [1.29, 1.82) is 0 Å². The van der Waals surface area contributed by atoms with Gasteiger partial charge in [-0.05, 0) is 32.6 Å². The van der Waals surface area contributed by atoms with E-state index in [0.29, 0.717) is 6.42 Å². The Hall–Kier alpha value is -0.810. The summed E-state index contributed by atoms with van der Waals surface area (Å²) in [6, 6.07) is -0.332. The van der Waals surface area contributed by atoms with E-state index < -0.39 is 12.0 Å². The van der Waals surface area contributed by atoms with Gasteiger partial charge >= 0.3 is 5.97 Å². The summed E-state index contributed by atoms with van der Waals surface area (Å²) in [5.74, 6) is -0.860. The average Bonchev–Trinajstić information content (AvgIpc) is 2.34. The van der Waals surface area contributed by atoms with Gasteiger partial charge in [0, 0.05) is 12.6 Å². The molecule has 112 valence electrons. The second-order valence-corrected chi connectivity index (χ2v) is 4.99. The minimum Gasteiger partial charge on any atom is -0.480 e. The number of amides is 1. The largest absolute Gasteiger partial charge is 0.480 e. The van der Waals surface area contributed by atoms with Crippen LogP contribution in [-0.4, -0.2) is 47.1 Å². The topological polar surface area (TPSA) is 69.6 Å². The van der Waals surface area contributed by atoms with E-state index in [1.807, 2.05) is 11.8 Å². The number of aliphatic carboxylic acids is 1. The van der Waals surface area contributed by atoms with Crippen molar-refractivity contribution in [2.75, 3.05) is 13.1 Å². The molecule has 0 aromatic heterocycles. The van der Waals surface area contributed by atoms with Crippen molar-refractivity contribution in [2.45, 2.75) is 58.0 Å². The van der Waals surface area contributed by atoms with Crippen LogP contribution < -0.4 is 5.32 Å². The highest BCUT2D eigenvalue weighted by Gasteiger charge is 2.24. The van der Waals surface area contributed by atoms with Gasteiger partial charge in [0.2, 0.25) is 5.91 Å². The molecular weight excluding hydrogens is 268 g/mol. The number of likely N-dealkylation sites (tertiary alicyclic amines) is 1. The number of nitrogens with one attached hydrogen (secondary N) is 1. The predicted molar refractivity (Wildman–Crippen MR) is 76.6 cm³/mol. The first-order chi connectivity index (χ1) is 8.56. The number of hydrogen-bond acceptors (Lipinski definition) is 3. The van der Waals surface area contributed by atoms with Gasteiger partial charge in [-0.2, -0.15) is 0 Å². The molecule has 1 aliphatic rings. The van der Waals surface area contributed by atoms with Crippen molar-refractivity contribution >= 4 is 24.3 Å². The second-order valence-electron chi connectivity index (χ2n) is 4.99. The van der Waals surface area contributed by atoms with Crippen molar-refractivity contribution in [3.05, 3.63) is 0 Å². The molecule has 2 atom stereocenters. The molecule has 0 spiro atoms. The summed E-state index contributed by atoms with van der Waals surface area (Å²) >= 11 is 0. The number of piperidine rings is 1. The van der Waals surface area contributed by atoms with Crippen molar-refractivity contribution < 1.29 is 14.7 Å². The Morgan fingerprint density at radius 1 is 1.42 bits per heavy atom. The van der Waals surface area contributed by atoms with Crippen LogP contribution in [0.5, 0.6) is 0 Å². The Balaban J connectivity index is 0.00000324. The highest BCUT2D eigenvalue weighted by atomic mass is 35.5. The molecule has 1 amide bonds. The molecule has 5 nitrogen and oxygen atoms in total. The zero-order valence-electron chi connectivity index (χ0n) is 11.7. The van der Waals surface area contributed by atoms with Gasteiger partial charge in [-0.25, -0.2) is 0 Å². The maximum Gasteiger partial charge on any atom is 0.320 e. The van der Waals surface area contributed by atoms with Gasteiger partial charge in [-0.3, -0.25) is 14.9 Å². The van der Waals surface area contributed by atoms with Crippen LogP contribution in [-0.2, 0) is 9.59 Å². The Kier molecular flexibility index (Phi) is 8.76. The standard InChI is InChI=1S/C13H24N2O3.ClH/c1-3-6-11(13(17)18)14-9-12(16)15-8-5-4-7-10(15)2;/h10-11,14H,3-9H2,1-2H3,(H,17,18);1H. The van der Waals surface area contributed by atoms with E-state index >= 15 is 0 Å². The van der Waals surface area contributed by atoms with Gasteiger partial charge in [0.15, 0.2) is 0 Å². The molecule has 2 unspecified atom stereocenters. The third-order valence-electron chi connectivity index (χ3n) is 3.50. The molecule has 1 rings (SSSR count). The molecule has 2 N–H and O–H groups in total. The fourth-order valence-corrected chi connectivity index (χ4v) is 2.38. The Morgan fingerprint density at radius 3 is 2.63 bits per heavy atom. The number of hydrogen-bond donors (Lipinski definition) is 2. The number of halogens is 1. The van der Waals surface area contributed by atoms with E-state index in [1.54, 1.807) is 0 Å². The van der Waals surface area contributed by atoms with Crippen molar-refractivity contribution in [3.8, 4) is 0 Å². The summed E-state index contributed by atoms with van der Waals surface area (Å²) in [6.45, 7) is 4.92. The number of nitrogens with zero attached hydrogens (tertiary/aromatic N) is 1. The fraction of sp³-hybridized carbons (Fsp3) is 0.846. The lowest BCUT2D eigenvalue weighted by molar-refractivity contribution is -0.140. The fourth-order valence-electron chi connectivity index (χ4n) is 2.38. The van der Waals surface area contributed by atoms with Crippen molar-refractivity contribution in [2.24, 2.45) is 0 Å². The molecular formula is C13H25ClN2O3. The molecule has 0 aromatic rings. The van der Waals surface area contributed by atoms with Gasteiger partial charge in [0.1, 0.15) is 6.04 Å². The lowest BCUT2D eigenvalue weighted by atomic mass is 10.0. The molecule has 0 bridgehead atoms. The predicted octanol–water partition coefficient (Wildman–Crippen LogP) is 1.65. The van der Waals surface area contributed by atoms with Crippen LogP contribution in [0.2, 0.25) is 0 Å². The summed E-state index contributed by atoms with van der Waals surface area (Å²) in [7, 11) is 0. The summed E-state index contributed by atoms with van der Waals surface area (Å²) < 4.78 is 0. The third-order valence-corrected chi connectivity index (χ3v) is 3.50. The van der Waals surface area contributed by atoms with Crippen LogP contribution in [0.4, 0.5) is 0 Å². The lowest BCUT2D eigenvalue weighted by Crippen LogP contribution is -2.48. The normalized spacial score (nSPS) is 20.5. The van der Waals surface area contributed by atoms with E-state index in [4.69, 9.17) is 5.11 Å². The number of carboxylic acid groups (broad SMARTS) is 1. The Morgan fingerprint density at radius 2 is 2.11 bits per heavy atom. The first-order valence-corrected chi connectivity index (χ1v) is 6.82. The number of carboxylic acids is 1. The minimum absolute atomic E-state index is 0. The van der Waals surface area contributed by atoms with Gasteiger partial charge < -0.3 is 10.0 Å². The molecule has 0 radical (unpaired) electrons. The molecule has 19 heavy (non-hydrogen) atoms. The zero-order valence-corrected chi connectivity index (χ0v) is 12.5. The lowest BCUT2D eigenvalue weighted by Gasteiger charge is -2.33.